The number of hydrogen-bond acceptors (Lipinski definition) is 3. The Morgan fingerprint density at radius 2 is 2.31 bits per heavy atom. The van der Waals surface area contributed by atoms with Crippen molar-refractivity contribution in [1.82, 2.24) is 10.3 Å². The summed E-state index contributed by atoms with van der Waals surface area (Å²) in [5.41, 5.74) is 1.04. The smallest absolute Gasteiger partial charge is 0.111 e. The van der Waals surface area contributed by atoms with Gasteiger partial charge in [-0.1, -0.05) is 18.5 Å². The molecule has 86 valence electrons. The molecule has 0 aliphatic rings. The number of thiazole rings is 1. The van der Waals surface area contributed by atoms with Crippen LogP contribution in [0.2, 0.25) is 5.02 Å². The quantitative estimate of drug-likeness (QED) is 0.892. The maximum atomic E-state index is 5.95. The molecule has 1 unspecified atom stereocenters. The Hall–Kier alpha value is -0.640. The van der Waals surface area contributed by atoms with Crippen LogP contribution in [0.5, 0.6) is 0 Å². The Morgan fingerprint density at radius 3 is 3.06 bits per heavy atom. The van der Waals surface area contributed by atoms with Crippen molar-refractivity contribution >= 4 is 33.2 Å². The van der Waals surface area contributed by atoms with E-state index in [1.807, 2.05) is 18.2 Å². The van der Waals surface area contributed by atoms with Crippen LogP contribution in [-0.4, -0.2) is 11.5 Å². The van der Waals surface area contributed by atoms with E-state index in [0.717, 1.165) is 33.2 Å². The van der Waals surface area contributed by atoms with Gasteiger partial charge < -0.3 is 5.32 Å². The number of nitrogens with one attached hydrogen (secondary N) is 1. The second kappa shape index (κ2) is 5.13. The molecule has 2 nitrogen and oxygen atoms in total. The molecule has 16 heavy (non-hydrogen) atoms. The number of fused-ring (bicyclic) bond motifs is 1. The van der Waals surface area contributed by atoms with Crippen molar-refractivity contribution in [2.75, 3.05) is 6.54 Å². The normalized spacial score (nSPS) is 13.2. The third-order valence-electron chi connectivity index (χ3n) is 2.44. The van der Waals surface area contributed by atoms with Crippen LogP contribution >= 0.6 is 22.9 Å². The molecule has 2 aromatic rings. The first-order chi connectivity index (χ1) is 7.70. The highest BCUT2D eigenvalue weighted by Gasteiger charge is 2.10. The van der Waals surface area contributed by atoms with E-state index >= 15 is 0 Å². The van der Waals surface area contributed by atoms with Crippen LogP contribution in [0.1, 0.15) is 31.3 Å². The largest absolute Gasteiger partial charge is 0.308 e. The second-order valence-corrected chi connectivity index (χ2v) is 5.34. The van der Waals surface area contributed by atoms with E-state index in [1.165, 1.54) is 0 Å². The Bertz CT molecular complexity index is 481. The lowest BCUT2D eigenvalue weighted by atomic mass is 10.3. The highest BCUT2D eigenvalue weighted by Crippen LogP contribution is 2.28. The Morgan fingerprint density at radius 1 is 1.50 bits per heavy atom. The van der Waals surface area contributed by atoms with Crippen molar-refractivity contribution in [1.29, 1.82) is 0 Å². The van der Waals surface area contributed by atoms with E-state index in [-0.39, 0.29) is 0 Å². The summed E-state index contributed by atoms with van der Waals surface area (Å²) < 4.78 is 1.16. The summed E-state index contributed by atoms with van der Waals surface area (Å²) in [6.45, 7) is 5.34. The van der Waals surface area contributed by atoms with Gasteiger partial charge in [-0.15, -0.1) is 11.3 Å². The zero-order valence-electron chi connectivity index (χ0n) is 9.46. The summed E-state index contributed by atoms with van der Waals surface area (Å²) >= 11 is 7.67. The molecule has 1 aromatic carbocycles. The van der Waals surface area contributed by atoms with Crippen LogP contribution in [0.25, 0.3) is 10.2 Å². The van der Waals surface area contributed by atoms with Gasteiger partial charge in [-0.2, -0.15) is 0 Å². The lowest BCUT2D eigenvalue weighted by Gasteiger charge is -2.08. The molecule has 0 saturated carbocycles. The van der Waals surface area contributed by atoms with Crippen LogP contribution in [0.3, 0.4) is 0 Å². The summed E-state index contributed by atoms with van der Waals surface area (Å²) in [5.74, 6) is 0. The Kier molecular flexibility index (Phi) is 3.79. The van der Waals surface area contributed by atoms with Crippen LogP contribution in [-0.2, 0) is 0 Å². The molecule has 0 saturated heterocycles. The highest BCUT2D eigenvalue weighted by atomic mass is 35.5. The van der Waals surface area contributed by atoms with Crippen molar-refractivity contribution in [2.24, 2.45) is 0 Å². The number of nitrogens with zero attached hydrogens (tertiary/aromatic N) is 1. The van der Waals surface area contributed by atoms with Gasteiger partial charge in [0.1, 0.15) is 5.01 Å². The molecule has 1 aromatic heterocycles. The standard InChI is InChI=1S/C12H15ClN2S/c1-3-6-14-8(2)12-15-10-5-4-9(13)7-11(10)16-12/h4-5,7-8,14H,3,6H2,1-2H3. The van der Waals surface area contributed by atoms with Crippen molar-refractivity contribution < 1.29 is 0 Å². The molecule has 1 heterocycles. The molecule has 0 fully saturated rings. The monoisotopic (exact) mass is 254 g/mol. The fourth-order valence-electron chi connectivity index (χ4n) is 1.55. The Labute approximate surface area is 105 Å². The van der Waals surface area contributed by atoms with Crippen LogP contribution in [0.15, 0.2) is 18.2 Å². The fraction of sp³-hybridized carbons (Fsp3) is 0.417. The van der Waals surface area contributed by atoms with Gasteiger partial charge in [-0.25, -0.2) is 4.98 Å². The van der Waals surface area contributed by atoms with E-state index < -0.39 is 0 Å². The summed E-state index contributed by atoms with van der Waals surface area (Å²) in [6.07, 6.45) is 1.14. The zero-order chi connectivity index (χ0) is 11.5. The molecule has 0 amide bonds. The van der Waals surface area contributed by atoms with E-state index in [9.17, 15) is 0 Å². The maximum absolute atomic E-state index is 5.95. The number of hydrogen-bond donors (Lipinski definition) is 1. The molecule has 1 N–H and O–H groups in total. The number of rotatable bonds is 4. The molecular formula is C12H15ClN2S. The molecular weight excluding hydrogens is 240 g/mol. The summed E-state index contributed by atoms with van der Waals surface area (Å²) in [6, 6.07) is 6.16. The first kappa shape index (κ1) is 11.8. The second-order valence-electron chi connectivity index (χ2n) is 3.84. The third kappa shape index (κ3) is 2.54. The molecule has 0 spiro atoms. The first-order valence-electron chi connectivity index (χ1n) is 5.50. The maximum Gasteiger partial charge on any atom is 0.111 e. The number of benzene rings is 1. The van der Waals surface area contributed by atoms with Gasteiger partial charge in [0, 0.05) is 5.02 Å². The van der Waals surface area contributed by atoms with Crippen LogP contribution in [0, 0.1) is 0 Å². The van der Waals surface area contributed by atoms with Gasteiger partial charge in [0.25, 0.3) is 0 Å². The van der Waals surface area contributed by atoms with Gasteiger partial charge >= 0.3 is 0 Å². The molecule has 0 aliphatic carbocycles. The fourth-order valence-corrected chi connectivity index (χ4v) is 2.82. The summed E-state index contributed by atoms with van der Waals surface area (Å²) in [5, 5.41) is 5.34. The molecule has 0 radical (unpaired) electrons. The number of halogens is 1. The van der Waals surface area contributed by atoms with Crippen molar-refractivity contribution in [3.05, 3.63) is 28.2 Å². The topological polar surface area (TPSA) is 24.9 Å². The molecule has 0 bridgehead atoms. The average Bonchev–Trinajstić information content (AvgIpc) is 2.68. The lowest BCUT2D eigenvalue weighted by molar-refractivity contribution is 0.569. The minimum absolute atomic E-state index is 0.316. The van der Waals surface area contributed by atoms with Crippen molar-refractivity contribution in [2.45, 2.75) is 26.3 Å². The first-order valence-corrected chi connectivity index (χ1v) is 6.69. The van der Waals surface area contributed by atoms with Gasteiger partial charge in [-0.3, -0.25) is 0 Å². The number of aromatic nitrogens is 1. The average molecular weight is 255 g/mol. The van der Waals surface area contributed by atoms with E-state index in [2.05, 4.69) is 24.1 Å². The predicted molar refractivity (Wildman–Crippen MR) is 71.3 cm³/mol. The predicted octanol–water partition coefficient (Wildman–Crippen LogP) is 4.01. The molecule has 4 heteroatoms. The SMILES string of the molecule is CCCNC(C)c1nc2ccc(Cl)cc2s1. The minimum atomic E-state index is 0.316. The van der Waals surface area contributed by atoms with Gasteiger partial charge in [0.2, 0.25) is 0 Å². The van der Waals surface area contributed by atoms with E-state index in [1.54, 1.807) is 11.3 Å². The zero-order valence-corrected chi connectivity index (χ0v) is 11.0. The van der Waals surface area contributed by atoms with Crippen molar-refractivity contribution in [3.63, 3.8) is 0 Å². The summed E-state index contributed by atoms with van der Waals surface area (Å²) in [4.78, 5) is 4.60. The molecule has 1 atom stereocenters. The molecule has 2 rings (SSSR count). The van der Waals surface area contributed by atoms with Gasteiger partial charge in [0.15, 0.2) is 0 Å². The van der Waals surface area contributed by atoms with E-state index in [4.69, 9.17) is 11.6 Å². The highest BCUT2D eigenvalue weighted by molar-refractivity contribution is 7.18. The Balaban J connectivity index is 2.25. The van der Waals surface area contributed by atoms with E-state index in [0.29, 0.717) is 6.04 Å². The van der Waals surface area contributed by atoms with Crippen LogP contribution in [0.4, 0.5) is 0 Å². The van der Waals surface area contributed by atoms with Gasteiger partial charge in [0.05, 0.1) is 16.3 Å². The van der Waals surface area contributed by atoms with Crippen LogP contribution < -0.4 is 5.32 Å². The lowest BCUT2D eigenvalue weighted by Crippen LogP contribution is -2.18. The van der Waals surface area contributed by atoms with Gasteiger partial charge in [-0.05, 0) is 38.1 Å². The molecule has 0 aliphatic heterocycles. The third-order valence-corrected chi connectivity index (χ3v) is 3.87. The summed E-state index contributed by atoms with van der Waals surface area (Å²) in [7, 11) is 0. The van der Waals surface area contributed by atoms with Crippen molar-refractivity contribution in [3.8, 4) is 0 Å². The minimum Gasteiger partial charge on any atom is -0.308 e.